The number of nitrogens with one attached hydrogen (secondary N) is 1. The number of nitrogens with two attached hydrogens (primary N) is 1. The third-order valence-electron chi connectivity index (χ3n) is 6.75. The highest BCUT2D eigenvalue weighted by Gasteiger charge is 2.25. The summed E-state index contributed by atoms with van der Waals surface area (Å²) in [5.41, 5.74) is 6.12. The normalized spacial score (nSPS) is 17.1. The molecule has 0 spiro atoms. The third-order valence-corrected chi connectivity index (χ3v) is 7.34. The van der Waals surface area contributed by atoms with E-state index in [2.05, 4.69) is 20.2 Å². The Morgan fingerprint density at radius 1 is 1.15 bits per heavy atom. The minimum atomic E-state index is -0.894. The van der Waals surface area contributed by atoms with Crippen molar-refractivity contribution in [1.29, 1.82) is 0 Å². The lowest BCUT2D eigenvalue weighted by atomic mass is 10.0. The van der Waals surface area contributed by atoms with Gasteiger partial charge in [-0.3, -0.25) is 14.4 Å². The zero-order chi connectivity index (χ0) is 29.6. The van der Waals surface area contributed by atoms with Crippen LogP contribution >= 0.6 is 23.2 Å². The number of carbonyl (C=O) groups is 2. The Morgan fingerprint density at radius 2 is 1.85 bits per heavy atom. The van der Waals surface area contributed by atoms with Gasteiger partial charge in [-0.25, -0.2) is 9.97 Å². The minimum absolute atomic E-state index is 0.0215. The maximum atomic E-state index is 13.2. The Kier molecular flexibility index (Phi) is 7.64. The SMILES string of the molecule is C[C@@H]1CN(c2cc(NC(=O)Cn3cc(-c4cc(Cl)c(O)c(C(N)=O)c4)c4c(=O)n(C)cnc43)c(Cl)cn2)C[C@H](C)O1. The van der Waals surface area contributed by atoms with Crippen molar-refractivity contribution in [1.82, 2.24) is 19.1 Å². The van der Waals surface area contributed by atoms with E-state index in [-0.39, 0.29) is 51.0 Å². The maximum absolute atomic E-state index is 13.2. The molecule has 5 rings (SSSR count). The lowest BCUT2D eigenvalue weighted by molar-refractivity contribution is -0.116. The third kappa shape index (κ3) is 5.58. The van der Waals surface area contributed by atoms with Gasteiger partial charge in [0, 0.05) is 38.0 Å². The number of hydrogen-bond acceptors (Lipinski definition) is 8. The van der Waals surface area contributed by atoms with Gasteiger partial charge in [0.05, 0.1) is 51.4 Å². The van der Waals surface area contributed by atoms with Crippen molar-refractivity contribution in [2.24, 2.45) is 12.8 Å². The van der Waals surface area contributed by atoms with Crippen LogP contribution in [0.5, 0.6) is 5.75 Å². The molecule has 12 nitrogen and oxygen atoms in total. The number of amides is 2. The van der Waals surface area contributed by atoms with E-state index in [9.17, 15) is 19.5 Å². The Bertz CT molecular complexity index is 1740. The summed E-state index contributed by atoms with van der Waals surface area (Å²) in [7, 11) is 1.54. The fourth-order valence-electron chi connectivity index (χ4n) is 4.95. The number of anilines is 2. The van der Waals surface area contributed by atoms with E-state index >= 15 is 0 Å². The largest absolute Gasteiger partial charge is 0.506 e. The van der Waals surface area contributed by atoms with Crippen LogP contribution in [0.25, 0.3) is 22.2 Å². The van der Waals surface area contributed by atoms with Crippen LogP contribution in [0.1, 0.15) is 24.2 Å². The van der Waals surface area contributed by atoms with Gasteiger partial charge in [0.1, 0.15) is 23.8 Å². The first kappa shape index (κ1) is 28.4. The van der Waals surface area contributed by atoms with Crippen LogP contribution in [0.3, 0.4) is 0 Å². The van der Waals surface area contributed by atoms with Crippen LogP contribution in [0.4, 0.5) is 11.5 Å². The number of carbonyl (C=O) groups excluding carboxylic acids is 2. The number of aromatic hydroxyl groups is 1. The molecule has 2 atom stereocenters. The molecule has 1 saturated heterocycles. The Labute approximate surface area is 244 Å². The lowest BCUT2D eigenvalue weighted by Crippen LogP contribution is -2.45. The molecule has 214 valence electrons. The summed E-state index contributed by atoms with van der Waals surface area (Å²) in [4.78, 5) is 49.2. The molecule has 41 heavy (non-hydrogen) atoms. The van der Waals surface area contributed by atoms with Gasteiger partial charge in [0.2, 0.25) is 5.91 Å². The van der Waals surface area contributed by atoms with Crippen LogP contribution < -0.4 is 21.5 Å². The molecule has 2 amide bonds. The smallest absolute Gasteiger partial charge is 0.263 e. The van der Waals surface area contributed by atoms with E-state index < -0.39 is 17.6 Å². The van der Waals surface area contributed by atoms with Crippen molar-refractivity contribution in [3.05, 3.63) is 62.9 Å². The van der Waals surface area contributed by atoms with Crippen molar-refractivity contribution in [3.8, 4) is 16.9 Å². The quantitative estimate of drug-likeness (QED) is 0.305. The highest BCUT2D eigenvalue weighted by molar-refractivity contribution is 6.34. The molecule has 1 fully saturated rings. The van der Waals surface area contributed by atoms with Crippen molar-refractivity contribution >= 4 is 57.6 Å². The van der Waals surface area contributed by atoms with Crippen molar-refractivity contribution in [2.45, 2.75) is 32.6 Å². The molecule has 1 aliphatic heterocycles. The van der Waals surface area contributed by atoms with Gasteiger partial charge in [-0.2, -0.15) is 0 Å². The topological polar surface area (TPSA) is 158 Å². The first-order valence-electron chi connectivity index (χ1n) is 12.7. The lowest BCUT2D eigenvalue weighted by Gasteiger charge is -2.36. The molecule has 14 heteroatoms. The number of benzene rings is 1. The predicted octanol–water partition coefficient (Wildman–Crippen LogP) is 3.16. The number of nitrogens with zero attached hydrogens (tertiary/aromatic N) is 5. The number of fused-ring (bicyclic) bond motifs is 1. The van der Waals surface area contributed by atoms with E-state index in [0.29, 0.717) is 35.7 Å². The molecule has 0 aliphatic carbocycles. The maximum Gasteiger partial charge on any atom is 0.263 e. The average molecular weight is 600 g/mol. The molecule has 3 aromatic heterocycles. The standard InChI is InChI=1S/C27H27Cl2N7O5/c1-13-8-35(9-14(2)41-13)21-6-20(19(29)7-31-21)33-22(37)11-36-10-17(23-26(36)32-12-34(3)27(23)40)15-4-16(25(30)39)24(38)18(28)5-15/h4-7,10,12-14,38H,8-9,11H2,1-3H3,(H2,30,39)(H,31,33,37)/t13-,14+. The van der Waals surface area contributed by atoms with Gasteiger partial charge in [0.25, 0.3) is 11.5 Å². The zero-order valence-electron chi connectivity index (χ0n) is 22.4. The molecule has 1 aliphatic rings. The molecule has 4 aromatic rings. The van der Waals surface area contributed by atoms with E-state index in [1.54, 1.807) is 19.3 Å². The van der Waals surface area contributed by atoms with Gasteiger partial charge >= 0.3 is 0 Å². The molecule has 4 N–H and O–H groups in total. The molecule has 0 unspecified atom stereocenters. The highest BCUT2D eigenvalue weighted by Crippen LogP contribution is 2.36. The molecular weight excluding hydrogens is 573 g/mol. The number of morpholine rings is 1. The number of aromatic nitrogens is 4. The summed E-state index contributed by atoms with van der Waals surface area (Å²) in [5.74, 6) is -1.14. The second-order valence-electron chi connectivity index (χ2n) is 9.98. The number of hydrogen-bond donors (Lipinski definition) is 3. The molecular formula is C27H27Cl2N7O5. The van der Waals surface area contributed by atoms with Gasteiger partial charge in [0.15, 0.2) is 0 Å². The Hall–Kier alpha value is -4.13. The van der Waals surface area contributed by atoms with Crippen LogP contribution in [0.15, 0.2) is 41.7 Å². The van der Waals surface area contributed by atoms with E-state index in [0.717, 1.165) is 0 Å². The van der Waals surface area contributed by atoms with Crippen molar-refractivity contribution in [2.75, 3.05) is 23.3 Å². The summed E-state index contributed by atoms with van der Waals surface area (Å²) in [6.07, 6.45) is 4.43. The van der Waals surface area contributed by atoms with Crippen molar-refractivity contribution < 1.29 is 19.4 Å². The van der Waals surface area contributed by atoms with Gasteiger partial charge in [-0.15, -0.1) is 0 Å². The van der Waals surface area contributed by atoms with E-state index in [1.165, 1.54) is 33.8 Å². The second kappa shape index (κ2) is 11.0. The monoisotopic (exact) mass is 599 g/mol. The van der Waals surface area contributed by atoms with Crippen LogP contribution in [-0.4, -0.2) is 61.3 Å². The minimum Gasteiger partial charge on any atom is -0.506 e. The molecule has 1 aromatic carbocycles. The number of phenols is 1. The summed E-state index contributed by atoms with van der Waals surface area (Å²) < 4.78 is 8.60. The number of halogens is 2. The molecule has 0 bridgehead atoms. The van der Waals surface area contributed by atoms with Gasteiger partial charge in [-0.1, -0.05) is 23.2 Å². The number of aryl methyl sites for hydroxylation is 1. The molecule has 0 radical (unpaired) electrons. The Balaban J connectivity index is 1.49. The molecule has 0 saturated carbocycles. The highest BCUT2D eigenvalue weighted by atomic mass is 35.5. The number of ether oxygens (including phenoxy) is 1. The average Bonchev–Trinajstić information content (AvgIpc) is 3.26. The van der Waals surface area contributed by atoms with Gasteiger partial charge < -0.3 is 34.9 Å². The van der Waals surface area contributed by atoms with Crippen molar-refractivity contribution in [3.63, 3.8) is 0 Å². The fraction of sp³-hybridized carbons (Fsp3) is 0.296. The number of rotatable bonds is 6. The van der Waals surface area contributed by atoms with Gasteiger partial charge in [-0.05, 0) is 31.5 Å². The summed E-state index contributed by atoms with van der Waals surface area (Å²) in [6, 6.07) is 4.45. The summed E-state index contributed by atoms with van der Waals surface area (Å²) in [6.45, 7) is 5.04. The number of pyridine rings is 1. The van der Waals surface area contributed by atoms with E-state index in [1.807, 2.05) is 13.8 Å². The predicted molar refractivity (Wildman–Crippen MR) is 156 cm³/mol. The molecule has 4 heterocycles. The number of primary amides is 1. The fourth-order valence-corrected chi connectivity index (χ4v) is 5.32. The first-order valence-corrected chi connectivity index (χ1v) is 13.4. The summed E-state index contributed by atoms with van der Waals surface area (Å²) >= 11 is 12.5. The van der Waals surface area contributed by atoms with E-state index in [4.69, 9.17) is 33.7 Å². The second-order valence-corrected chi connectivity index (χ2v) is 10.8. The zero-order valence-corrected chi connectivity index (χ0v) is 23.9. The van der Waals surface area contributed by atoms with Crippen LogP contribution in [-0.2, 0) is 23.1 Å². The summed E-state index contributed by atoms with van der Waals surface area (Å²) in [5, 5.41) is 13.3. The first-order chi connectivity index (χ1) is 19.4. The van der Waals surface area contributed by atoms with Crippen LogP contribution in [0.2, 0.25) is 10.0 Å². The van der Waals surface area contributed by atoms with Crippen LogP contribution in [0, 0.1) is 0 Å². The Morgan fingerprint density at radius 3 is 2.54 bits per heavy atom.